The topological polar surface area (TPSA) is 66.8 Å². The van der Waals surface area contributed by atoms with Gasteiger partial charge in [0.15, 0.2) is 0 Å². The Kier molecular flexibility index (Phi) is 6.48. The van der Waals surface area contributed by atoms with Gasteiger partial charge in [-0.05, 0) is 49.1 Å². The number of aliphatic carboxylic acids is 1. The maximum absolute atomic E-state index is 13.0. The summed E-state index contributed by atoms with van der Waals surface area (Å²) in [5, 5.41) is 9.98. The van der Waals surface area contributed by atoms with E-state index in [9.17, 15) is 14.7 Å². The number of halogens is 1. The molecule has 1 amide bonds. The Morgan fingerprint density at radius 2 is 2.04 bits per heavy atom. The smallest absolute Gasteiger partial charge is 0.309 e. The number of benzene rings is 1. The highest BCUT2D eigenvalue weighted by atomic mass is 35.5. The van der Waals surface area contributed by atoms with Crippen molar-refractivity contribution in [3.8, 4) is 0 Å². The summed E-state index contributed by atoms with van der Waals surface area (Å²) in [4.78, 5) is 27.1. The van der Waals surface area contributed by atoms with Crippen molar-refractivity contribution >= 4 is 35.2 Å². The van der Waals surface area contributed by atoms with Crippen LogP contribution in [-0.2, 0) is 9.53 Å². The van der Waals surface area contributed by atoms with E-state index < -0.39 is 11.9 Å². The van der Waals surface area contributed by atoms with Gasteiger partial charge in [0.2, 0.25) is 0 Å². The predicted molar refractivity (Wildman–Crippen MR) is 102 cm³/mol. The number of rotatable bonds is 5. The molecule has 0 saturated carbocycles. The highest BCUT2D eigenvalue weighted by Crippen LogP contribution is 2.34. The molecule has 2 aliphatic rings. The second-order valence-electron chi connectivity index (χ2n) is 6.77. The minimum atomic E-state index is -0.770. The first-order valence-corrected chi connectivity index (χ1v) is 10.4. The van der Waals surface area contributed by atoms with Crippen molar-refractivity contribution in [3.63, 3.8) is 0 Å². The number of nitrogens with zero attached hydrogens (tertiary/aromatic N) is 1. The van der Waals surface area contributed by atoms with Crippen LogP contribution in [0, 0.1) is 11.8 Å². The number of thioether (sulfide) groups is 1. The fraction of sp³-hybridized carbons (Fsp3) is 0.579. The van der Waals surface area contributed by atoms with Crippen molar-refractivity contribution in [3.05, 3.63) is 28.8 Å². The van der Waals surface area contributed by atoms with Gasteiger partial charge in [-0.1, -0.05) is 18.5 Å². The number of hydrogen-bond donors (Lipinski definition) is 1. The lowest BCUT2D eigenvalue weighted by molar-refractivity contribution is -0.145. The monoisotopic (exact) mass is 397 g/mol. The zero-order valence-corrected chi connectivity index (χ0v) is 16.4. The molecule has 5 nitrogen and oxygen atoms in total. The largest absolute Gasteiger partial charge is 0.481 e. The molecule has 0 bridgehead atoms. The fourth-order valence-electron chi connectivity index (χ4n) is 3.89. The number of piperidine rings is 1. The molecule has 26 heavy (non-hydrogen) atoms. The van der Waals surface area contributed by atoms with Crippen LogP contribution in [0.3, 0.4) is 0 Å². The van der Waals surface area contributed by atoms with Crippen molar-refractivity contribution < 1.29 is 19.4 Å². The standard InChI is InChI=1S/C19H24ClNO4S/c1-2-26-16-11-13(20)3-4-14(16)18(22)21-8-5-12(6-9-21)17-15(19(23)24)7-10-25-17/h3-4,11-12,15,17H,2,5-10H2,1H3,(H,23,24)/t15?,17-/m0/s1. The Labute approximate surface area is 163 Å². The molecule has 2 saturated heterocycles. The van der Waals surface area contributed by atoms with E-state index in [2.05, 4.69) is 0 Å². The summed E-state index contributed by atoms with van der Waals surface area (Å²) < 4.78 is 5.71. The molecule has 1 unspecified atom stereocenters. The van der Waals surface area contributed by atoms with Crippen LogP contribution in [0.4, 0.5) is 0 Å². The molecule has 0 spiro atoms. The summed E-state index contributed by atoms with van der Waals surface area (Å²) in [6, 6.07) is 5.40. The van der Waals surface area contributed by atoms with Gasteiger partial charge in [0.05, 0.1) is 17.6 Å². The molecule has 0 aromatic heterocycles. The first-order chi connectivity index (χ1) is 12.5. The Morgan fingerprint density at radius 3 is 2.69 bits per heavy atom. The number of carbonyl (C=O) groups excluding carboxylic acids is 1. The quantitative estimate of drug-likeness (QED) is 0.765. The molecule has 1 aromatic carbocycles. The van der Waals surface area contributed by atoms with Gasteiger partial charge in [-0.2, -0.15) is 0 Å². The maximum Gasteiger partial charge on any atom is 0.309 e. The Morgan fingerprint density at radius 1 is 1.31 bits per heavy atom. The molecule has 2 aliphatic heterocycles. The van der Waals surface area contributed by atoms with Gasteiger partial charge in [0, 0.05) is 29.6 Å². The second-order valence-corrected chi connectivity index (χ2v) is 8.51. The Balaban J connectivity index is 1.65. The number of likely N-dealkylation sites (tertiary alicyclic amines) is 1. The van der Waals surface area contributed by atoms with Gasteiger partial charge in [0.25, 0.3) is 5.91 Å². The van der Waals surface area contributed by atoms with E-state index in [0.29, 0.717) is 36.7 Å². The molecule has 2 heterocycles. The Bertz CT molecular complexity index is 676. The third-order valence-corrected chi connectivity index (χ3v) is 6.39. The summed E-state index contributed by atoms with van der Waals surface area (Å²) in [5.41, 5.74) is 0.695. The zero-order chi connectivity index (χ0) is 18.7. The van der Waals surface area contributed by atoms with Crippen LogP contribution in [0.1, 0.15) is 36.5 Å². The van der Waals surface area contributed by atoms with E-state index in [4.69, 9.17) is 16.3 Å². The molecule has 7 heteroatoms. The molecular formula is C19H24ClNO4S. The maximum atomic E-state index is 13.0. The molecular weight excluding hydrogens is 374 g/mol. The third kappa shape index (κ3) is 4.18. The first kappa shape index (κ1) is 19.5. The first-order valence-electron chi connectivity index (χ1n) is 9.07. The molecule has 142 valence electrons. The van der Waals surface area contributed by atoms with Crippen LogP contribution in [0.2, 0.25) is 5.02 Å². The Hall–Kier alpha value is -1.24. The van der Waals surface area contributed by atoms with Crippen molar-refractivity contribution in [2.75, 3.05) is 25.4 Å². The second kappa shape index (κ2) is 8.63. The van der Waals surface area contributed by atoms with Gasteiger partial charge in [0.1, 0.15) is 0 Å². The van der Waals surface area contributed by atoms with E-state index in [1.807, 2.05) is 17.9 Å². The van der Waals surface area contributed by atoms with Crippen molar-refractivity contribution in [1.29, 1.82) is 0 Å². The predicted octanol–water partition coefficient (Wildman–Crippen LogP) is 3.79. The molecule has 2 atom stereocenters. The number of carboxylic acid groups (broad SMARTS) is 1. The van der Waals surface area contributed by atoms with Crippen LogP contribution < -0.4 is 0 Å². The molecule has 0 aliphatic carbocycles. The number of carboxylic acids is 1. The lowest BCUT2D eigenvalue weighted by Gasteiger charge is -2.35. The van der Waals surface area contributed by atoms with Crippen molar-refractivity contribution in [2.24, 2.45) is 11.8 Å². The lowest BCUT2D eigenvalue weighted by Crippen LogP contribution is -2.43. The van der Waals surface area contributed by atoms with E-state index in [1.165, 1.54) is 0 Å². The fourth-order valence-corrected chi connectivity index (χ4v) is 4.96. The third-order valence-electron chi connectivity index (χ3n) is 5.22. The minimum absolute atomic E-state index is 0.0261. The lowest BCUT2D eigenvalue weighted by atomic mass is 9.84. The zero-order valence-electron chi connectivity index (χ0n) is 14.8. The summed E-state index contributed by atoms with van der Waals surface area (Å²) in [6.45, 7) is 3.83. The average molecular weight is 398 g/mol. The number of hydrogen-bond acceptors (Lipinski definition) is 4. The normalized spacial score (nSPS) is 24.0. The molecule has 2 fully saturated rings. The van der Waals surface area contributed by atoms with E-state index in [1.54, 1.807) is 23.9 Å². The highest BCUT2D eigenvalue weighted by molar-refractivity contribution is 7.99. The van der Waals surface area contributed by atoms with Crippen LogP contribution >= 0.6 is 23.4 Å². The highest BCUT2D eigenvalue weighted by Gasteiger charge is 2.40. The SMILES string of the molecule is CCSc1cc(Cl)ccc1C(=O)N1CCC([C@@H]2OCCC2C(=O)O)CC1. The van der Waals surface area contributed by atoms with Gasteiger partial charge in [-0.15, -0.1) is 11.8 Å². The molecule has 0 radical (unpaired) electrons. The van der Waals surface area contributed by atoms with Gasteiger partial charge < -0.3 is 14.7 Å². The number of carbonyl (C=O) groups is 2. The van der Waals surface area contributed by atoms with Crippen molar-refractivity contribution in [1.82, 2.24) is 4.90 Å². The van der Waals surface area contributed by atoms with Crippen molar-refractivity contribution in [2.45, 2.75) is 37.2 Å². The average Bonchev–Trinajstić information content (AvgIpc) is 3.12. The van der Waals surface area contributed by atoms with Gasteiger partial charge in [-0.3, -0.25) is 9.59 Å². The number of amides is 1. The minimum Gasteiger partial charge on any atom is -0.481 e. The van der Waals surface area contributed by atoms with E-state index in [-0.39, 0.29) is 17.9 Å². The summed E-state index contributed by atoms with van der Waals surface area (Å²) >= 11 is 7.69. The van der Waals surface area contributed by atoms with E-state index >= 15 is 0 Å². The number of ether oxygens (including phenoxy) is 1. The van der Waals surface area contributed by atoms with Crippen LogP contribution in [0.15, 0.2) is 23.1 Å². The van der Waals surface area contributed by atoms with E-state index in [0.717, 1.165) is 23.5 Å². The van der Waals surface area contributed by atoms with Gasteiger partial charge >= 0.3 is 5.97 Å². The molecule has 1 aromatic rings. The summed E-state index contributed by atoms with van der Waals surface area (Å²) in [7, 11) is 0. The molecule has 3 rings (SSSR count). The summed E-state index contributed by atoms with van der Waals surface area (Å²) in [6.07, 6.45) is 1.93. The van der Waals surface area contributed by atoms with Crippen LogP contribution in [-0.4, -0.2) is 53.4 Å². The molecule has 1 N–H and O–H groups in total. The summed E-state index contributed by atoms with van der Waals surface area (Å²) in [5.74, 6) is -0.0757. The van der Waals surface area contributed by atoms with Crippen LogP contribution in [0.5, 0.6) is 0 Å². The van der Waals surface area contributed by atoms with Gasteiger partial charge in [-0.25, -0.2) is 0 Å². The van der Waals surface area contributed by atoms with Crippen LogP contribution in [0.25, 0.3) is 0 Å².